The van der Waals surface area contributed by atoms with Gasteiger partial charge in [-0.1, -0.05) is 11.6 Å². The summed E-state index contributed by atoms with van der Waals surface area (Å²) in [5, 5.41) is 11.0. The van der Waals surface area contributed by atoms with Crippen LogP contribution < -0.4 is 10.1 Å². The number of H-pyrrole nitrogens is 1. The van der Waals surface area contributed by atoms with Gasteiger partial charge in [0.05, 0.1) is 18.8 Å². The van der Waals surface area contributed by atoms with Crippen molar-refractivity contribution < 1.29 is 13.9 Å². The van der Waals surface area contributed by atoms with E-state index in [0.717, 1.165) is 43.1 Å². The van der Waals surface area contributed by atoms with Gasteiger partial charge in [0.25, 0.3) is 0 Å². The van der Waals surface area contributed by atoms with Crippen LogP contribution in [-0.4, -0.2) is 47.2 Å². The second kappa shape index (κ2) is 9.94. The summed E-state index contributed by atoms with van der Waals surface area (Å²) in [4.78, 5) is 14.4. The minimum absolute atomic E-state index is 0.102. The highest BCUT2D eigenvalue weighted by molar-refractivity contribution is 6.30. The van der Waals surface area contributed by atoms with Crippen molar-refractivity contribution in [3.8, 4) is 5.75 Å². The van der Waals surface area contributed by atoms with Gasteiger partial charge in [0.15, 0.2) is 0 Å². The van der Waals surface area contributed by atoms with Crippen LogP contribution in [0.1, 0.15) is 23.7 Å². The molecule has 0 bridgehead atoms. The molecule has 0 spiro atoms. The monoisotopic (exact) mass is 442 g/mol. The Labute approximate surface area is 185 Å². The zero-order valence-corrected chi connectivity index (χ0v) is 17.7. The minimum Gasteiger partial charge on any atom is -0.493 e. The molecule has 0 radical (unpaired) electrons. The van der Waals surface area contributed by atoms with Gasteiger partial charge < -0.3 is 10.1 Å². The third-order valence-corrected chi connectivity index (χ3v) is 5.54. The zero-order chi connectivity index (χ0) is 21.6. The molecule has 31 heavy (non-hydrogen) atoms. The molecule has 1 aliphatic heterocycles. The number of amides is 1. The number of rotatable bonds is 8. The van der Waals surface area contributed by atoms with E-state index in [0.29, 0.717) is 29.8 Å². The molecule has 0 saturated carbocycles. The van der Waals surface area contributed by atoms with Gasteiger partial charge in [0.1, 0.15) is 11.6 Å². The lowest BCUT2D eigenvalue weighted by Crippen LogP contribution is -2.31. The van der Waals surface area contributed by atoms with Gasteiger partial charge in [-0.25, -0.2) is 4.39 Å². The third-order valence-electron chi connectivity index (χ3n) is 5.29. The van der Waals surface area contributed by atoms with Gasteiger partial charge in [-0.05, 0) is 67.6 Å². The molecule has 1 atom stereocenters. The Morgan fingerprint density at radius 1 is 1.23 bits per heavy atom. The molecule has 1 fully saturated rings. The number of likely N-dealkylation sites (tertiary alicyclic amines) is 1. The van der Waals surface area contributed by atoms with Crippen LogP contribution in [0.4, 0.5) is 10.1 Å². The van der Waals surface area contributed by atoms with Crippen LogP contribution in [0.5, 0.6) is 5.75 Å². The average Bonchev–Trinajstić information content (AvgIpc) is 3.41. The van der Waals surface area contributed by atoms with Crippen molar-refractivity contribution in [3.05, 3.63) is 76.8 Å². The molecule has 1 amide bonds. The van der Waals surface area contributed by atoms with E-state index in [2.05, 4.69) is 26.5 Å². The summed E-state index contributed by atoms with van der Waals surface area (Å²) in [6.07, 6.45) is 1.68. The van der Waals surface area contributed by atoms with Gasteiger partial charge >= 0.3 is 0 Å². The van der Waals surface area contributed by atoms with Crippen molar-refractivity contribution >= 4 is 23.2 Å². The summed E-state index contributed by atoms with van der Waals surface area (Å²) in [5.41, 5.74) is 2.64. The van der Waals surface area contributed by atoms with E-state index in [-0.39, 0.29) is 11.7 Å². The summed E-state index contributed by atoms with van der Waals surface area (Å²) in [6.45, 7) is 2.47. The number of carbonyl (C=O) groups is 1. The molecule has 8 heteroatoms. The van der Waals surface area contributed by atoms with E-state index < -0.39 is 0 Å². The predicted molar refractivity (Wildman–Crippen MR) is 118 cm³/mol. The fraction of sp³-hybridized carbons (Fsp3) is 0.304. The first kappa shape index (κ1) is 21.3. The lowest BCUT2D eigenvalue weighted by Gasteiger charge is -2.15. The number of hydrogen-bond acceptors (Lipinski definition) is 4. The van der Waals surface area contributed by atoms with Crippen LogP contribution in [0.2, 0.25) is 5.02 Å². The average molecular weight is 443 g/mol. The molecule has 2 heterocycles. The third kappa shape index (κ3) is 6.06. The number of nitrogens with zero attached hydrogens (tertiary/aromatic N) is 2. The molecule has 6 nitrogen and oxygen atoms in total. The molecule has 1 aliphatic rings. The molecule has 1 aromatic heterocycles. The lowest BCUT2D eigenvalue weighted by molar-refractivity contribution is -0.117. The number of ether oxygens (including phenoxy) is 1. The van der Waals surface area contributed by atoms with Crippen molar-refractivity contribution in [1.82, 2.24) is 15.1 Å². The van der Waals surface area contributed by atoms with Gasteiger partial charge in [-0.2, -0.15) is 5.10 Å². The molecule has 4 rings (SSSR count). The lowest BCUT2D eigenvalue weighted by atomic mass is 10.0. The number of halogens is 2. The highest BCUT2D eigenvalue weighted by Crippen LogP contribution is 2.26. The molecular formula is C23H24ClFN4O2. The molecule has 3 aromatic rings. The first-order valence-electron chi connectivity index (χ1n) is 10.3. The number of aromatic amines is 1. The fourth-order valence-electron chi connectivity index (χ4n) is 3.68. The van der Waals surface area contributed by atoms with E-state index in [1.54, 1.807) is 24.3 Å². The normalized spacial score (nSPS) is 16.4. The number of benzene rings is 2. The topological polar surface area (TPSA) is 70.2 Å². The van der Waals surface area contributed by atoms with Gasteiger partial charge in [0.2, 0.25) is 5.91 Å². The number of carbonyl (C=O) groups excluding carboxylic acids is 1. The van der Waals surface area contributed by atoms with Gasteiger partial charge in [-0.3, -0.25) is 14.8 Å². The Morgan fingerprint density at radius 2 is 2.00 bits per heavy atom. The molecule has 2 aromatic carbocycles. The van der Waals surface area contributed by atoms with Crippen molar-refractivity contribution in [2.45, 2.75) is 18.8 Å². The number of aromatic nitrogens is 2. The Kier molecular flexibility index (Phi) is 6.84. The molecule has 162 valence electrons. The van der Waals surface area contributed by atoms with Crippen LogP contribution >= 0.6 is 11.6 Å². The summed E-state index contributed by atoms with van der Waals surface area (Å²) in [6, 6.07) is 15.2. The van der Waals surface area contributed by atoms with Crippen molar-refractivity contribution in [2.24, 2.45) is 0 Å². The standard InChI is InChI=1S/C23H24ClFN4O2/c24-17-1-7-21(8-2-17)31-12-10-20-13-22(28-27-20)16-9-11-29(14-16)15-23(30)26-19-5-3-18(25)4-6-19/h1-8,13,16H,9-12,14-15H2,(H,26,30)(H,27,28). The van der Waals surface area contributed by atoms with Crippen molar-refractivity contribution in [3.63, 3.8) is 0 Å². The zero-order valence-electron chi connectivity index (χ0n) is 17.0. The van der Waals surface area contributed by atoms with Crippen LogP contribution in [0.25, 0.3) is 0 Å². The summed E-state index contributed by atoms with van der Waals surface area (Å²) in [7, 11) is 0. The van der Waals surface area contributed by atoms with Gasteiger partial charge in [-0.15, -0.1) is 0 Å². The summed E-state index contributed by atoms with van der Waals surface area (Å²) in [5.74, 6) is 0.653. The maximum atomic E-state index is 13.0. The first-order chi connectivity index (χ1) is 15.0. The second-order valence-corrected chi connectivity index (χ2v) is 8.08. The molecular weight excluding hydrogens is 419 g/mol. The van der Waals surface area contributed by atoms with Crippen LogP contribution in [0, 0.1) is 5.82 Å². The Hall–Kier alpha value is -2.90. The fourth-order valence-corrected chi connectivity index (χ4v) is 3.81. The van der Waals surface area contributed by atoms with Gasteiger partial charge in [0, 0.05) is 35.3 Å². The number of hydrogen-bond donors (Lipinski definition) is 2. The minimum atomic E-state index is -0.324. The Bertz CT molecular complexity index is 1010. The Balaban J connectivity index is 1.22. The van der Waals surface area contributed by atoms with E-state index >= 15 is 0 Å². The van der Waals surface area contributed by atoms with Crippen LogP contribution in [-0.2, 0) is 11.2 Å². The van der Waals surface area contributed by atoms with Crippen LogP contribution in [0.15, 0.2) is 54.6 Å². The maximum absolute atomic E-state index is 13.0. The smallest absolute Gasteiger partial charge is 0.238 e. The van der Waals surface area contributed by atoms with E-state index in [4.69, 9.17) is 16.3 Å². The molecule has 0 aliphatic carbocycles. The van der Waals surface area contributed by atoms with E-state index in [1.165, 1.54) is 12.1 Å². The van der Waals surface area contributed by atoms with E-state index in [1.807, 2.05) is 12.1 Å². The molecule has 2 N–H and O–H groups in total. The predicted octanol–water partition coefficient (Wildman–Crippen LogP) is 4.25. The van der Waals surface area contributed by atoms with Crippen molar-refractivity contribution in [2.75, 3.05) is 31.6 Å². The highest BCUT2D eigenvalue weighted by atomic mass is 35.5. The largest absolute Gasteiger partial charge is 0.493 e. The second-order valence-electron chi connectivity index (χ2n) is 7.65. The molecule has 1 unspecified atom stereocenters. The van der Waals surface area contributed by atoms with Crippen LogP contribution in [0.3, 0.4) is 0 Å². The summed E-state index contributed by atoms with van der Waals surface area (Å²) < 4.78 is 18.7. The SMILES string of the molecule is O=C(CN1CCC(c2cc(CCOc3ccc(Cl)cc3)[nH]n2)C1)Nc1ccc(F)cc1. The number of nitrogens with one attached hydrogen (secondary N) is 2. The number of anilines is 1. The maximum Gasteiger partial charge on any atom is 0.238 e. The summed E-state index contributed by atoms with van der Waals surface area (Å²) >= 11 is 5.88. The first-order valence-corrected chi connectivity index (χ1v) is 10.6. The highest BCUT2D eigenvalue weighted by Gasteiger charge is 2.27. The van der Waals surface area contributed by atoms with E-state index in [9.17, 15) is 9.18 Å². The molecule has 1 saturated heterocycles. The van der Waals surface area contributed by atoms with Crippen molar-refractivity contribution in [1.29, 1.82) is 0 Å². The quantitative estimate of drug-likeness (QED) is 0.547. The Morgan fingerprint density at radius 3 is 2.77 bits per heavy atom.